The minimum Gasteiger partial charge on any atom is -0.306 e. The highest BCUT2D eigenvalue weighted by atomic mass is 19.4. The second kappa shape index (κ2) is 4.83. The Morgan fingerprint density at radius 3 is 2.73 bits per heavy atom. The van der Waals surface area contributed by atoms with Crippen LogP contribution < -0.4 is 5.43 Å². The van der Waals surface area contributed by atoms with E-state index in [1.807, 2.05) is 13.8 Å². The molecule has 0 amide bonds. The Labute approximate surface area is 126 Å². The molecule has 3 rings (SSSR count). The highest BCUT2D eigenvalue weighted by Gasteiger charge is 2.46. The number of carbonyl (C=O) groups is 1. The Morgan fingerprint density at radius 1 is 1.32 bits per heavy atom. The van der Waals surface area contributed by atoms with Crippen molar-refractivity contribution in [1.82, 2.24) is 5.43 Å². The SMILES string of the molecule is CC1(C)CC(=O)[C@H]2C(c3cccc(C(F)(F)F)c3)=NN[C@@H]2C1. The van der Waals surface area contributed by atoms with Gasteiger partial charge in [-0.25, -0.2) is 0 Å². The summed E-state index contributed by atoms with van der Waals surface area (Å²) in [5.74, 6) is -0.404. The zero-order valence-electron chi connectivity index (χ0n) is 12.4. The molecule has 1 N–H and O–H groups in total. The molecule has 1 aromatic rings. The molecule has 1 aliphatic carbocycles. The maximum Gasteiger partial charge on any atom is 0.416 e. The smallest absolute Gasteiger partial charge is 0.306 e. The Kier molecular flexibility index (Phi) is 3.30. The lowest BCUT2D eigenvalue weighted by atomic mass is 9.68. The second-order valence-corrected chi connectivity index (χ2v) is 6.80. The van der Waals surface area contributed by atoms with Gasteiger partial charge in [0.1, 0.15) is 5.78 Å². The van der Waals surface area contributed by atoms with Crippen molar-refractivity contribution in [3.63, 3.8) is 0 Å². The van der Waals surface area contributed by atoms with Gasteiger partial charge in [-0.2, -0.15) is 18.3 Å². The molecule has 118 valence electrons. The molecule has 6 heteroatoms. The van der Waals surface area contributed by atoms with Crippen molar-refractivity contribution in [3.8, 4) is 0 Å². The third kappa shape index (κ3) is 2.62. The number of alkyl halides is 3. The quantitative estimate of drug-likeness (QED) is 0.864. The summed E-state index contributed by atoms with van der Waals surface area (Å²) in [4.78, 5) is 12.4. The van der Waals surface area contributed by atoms with Crippen LogP contribution in [0.15, 0.2) is 29.4 Å². The fraction of sp³-hybridized carbons (Fsp3) is 0.500. The van der Waals surface area contributed by atoms with Gasteiger partial charge >= 0.3 is 6.18 Å². The average molecular weight is 310 g/mol. The molecule has 0 unspecified atom stereocenters. The zero-order chi connectivity index (χ0) is 16.1. The monoisotopic (exact) mass is 310 g/mol. The highest BCUT2D eigenvalue weighted by Crippen LogP contribution is 2.40. The van der Waals surface area contributed by atoms with Crippen molar-refractivity contribution in [2.24, 2.45) is 16.4 Å². The Bertz CT molecular complexity index is 649. The maximum absolute atomic E-state index is 12.8. The first-order valence-corrected chi connectivity index (χ1v) is 7.21. The summed E-state index contributed by atoms with van der Waals surface area (Å²) in [5, 5.41) is 4.17. The summed E-state index contributed by atoms with van der Waals surface area (Å²) in [6.45, 7) is 4.04. The molecule has 0 saturated heterocycles. The van der Waals surface area contributed by atoms with Crippen LogP contribution in [0.3, 0.4) is 0 Å². The van der Waals surface area contributed by atoms with E-state index in [4.69, 9.17) is 0 Å². The van der Waals surface area contributed by atoms with Crippen LogP contribution in [-0.2, 0) is 11.0 Å². The normalized spacial score (nSPS) is 27.1. The van der Waals surface area contributed by atoms with Gasteiger partial charge in [0.25, 0.3) is 0 Å². The van der Waals surface area contributed by atoms with Gasteiger partial charge in [-0.05, 0) is 29.5 Å². The third-order valence-corrected chi connectivity index (χ3v) is 4.31. The van der Waals surface area contributed by atoms with E-state index in [1.165, 1.54) is 6.07 Å². The Balaban J connectivity index is 1.93. The van der Waals surface area contributed by atoms with Gasteiger partial charge in [0.2, 0.25) is 0 Å². The molecular formula is C16H17F3N2O. The summed E-state index contributed by atoms with van der Waals surface area (Å²) < 4.78 is 38.5. The number of ketones is 1. The van der Waals surface area contributed by atoms with Gasteiger partial charge in [-0.15, -0.1) is 0 Å². The molecule has 3 nitrogen and oxygen atoms in total. The predicted octanol–water partition coefficient (Wildman–Crippen LogP) is 3.39. The summed E-state index contributed by atoms with van der Waals surface area (Å²) in [6.07, 6.45) is -3.20. The predicted molar refractivity (Wildman–Crippen MR) is 76.4 cm³/mol. The number of rotatable bonds is 1. The van der Waals surface area contributed by atoms with Crippen molar-refractivity contribution >= 4 is 11.5 Å². The number of carbonyl (C=O) groups excluding carboxylic acids is 1. The zero-order valence-corrected chi connectivity index (χ0v) is 12.4. The number of hydrogen-bond donors (Lipinski definition) is 1. The standard InChI is InChI=1S/C16H17F3N2O/c1-15(2)7-11-13(12(22)8-15)14(21-20-11)9-4-3-5-10(6-9)16(17,18)19/h3-6,11,13,20H,7-8H2,1-2H3/t11-,13+/m1/s1. The van der Waals surface area contributed by atoms with Gasteiger partial charge in [0, 0.05) is 6.42 Å². The average Bonchev–Trinajstić information content (AvgIpc) is 2.80. The van der Waals surface area contributed by atoms with E-state index >= 15 is 0 Å². The number of benzene rings is 1. The first-order chi connectivity index (χ1) is 10.2. The fourth-order valence-electron chi connectivity index (χ4n) is 3.38. The molecule has 1 heterocycles. The minimum absolute atomic E-state index is 0.0439. The first-order valence-electron chi connectivity index (χ1n) is 7.21. The molecule has 1 aromatic carbocycles. The van der Waals surface area contributed by atoms with Crippen molar-refractivity contribution in [1.29, 1.82) is 0 Å². The van der Waals surface area contributed by atoms with Crippen LogP contribution in [0, 0.1) is 11.3 Å². The molecule has 0 bridgehead atoms. The number of fused-ring (bicyclic) bond motifs is 1. The molecule has 0 radical (unpaired) electrons. The molecule has 22 heavy (non-hydrogen) atoms. The number of nitrogens with one attached hydrogen (secondary N) is 1. The summed E-state index contributed by atoms with van der Waals surface area (Å²) >= 11 is 0. The maximum atomic E-state index is 12.8. The van der Waals surface area contributed by atoms with E-state index in [9.17, 15) is 18.0 Å². The molecule has 1 saturated carbocycles. The van der Waals surface area contributed by atoms with Crippen molar-refractivity contribution in [3.05, 3.63) is 35.4 Å². The van der Waals surface area contributed by atoms with Gasteiger partial charge in [0.15, 0.2) is 0 Å². The highest BCUT2D eigenvalue weighted by molar-refractivity contribution is 6.15. The van der Waals surface area contributed by atoms with Crippen LogP contribution in [0.4, 0.5) is 13.2 Å². The fourth-order valence-corrected chi connectivity index (χ4v) is 3.38. The Morgan fingerprint density at radius 2 is 2.05 bits per heavy atom. The molecule has 2 atom stereocenters. The summed E-state index contributed by atoms with van der Waals surface area (Å²) in [5.41, 5.74) is 2.90. The van der Waals surface area contributed by atoms with Crippen LogP contribution in [0.25, 0.3) is 0 Å². The van der Waals surface area contributed by atoms with Gasteiger partial charge in [-0.1, -0.05) is 26.0 Å². The number of halogens is 3. The summed E-state index contributed by atoms with van der Waals surface area (Å²) in [7, 11) is 0. The summed E-state index contributed by atoms with van der Waals surface area (Å²) in [6, 6.07) is 4.89. The van der Waals surface area contributed by atoms with Crippen LogP contribution in [0.5, 0.6) is 0 Å². The molecule has 0 spiro atoms. The topological polar surface area (TPSA) is 41.5 Å². The lowest BCUT2D eigenvalue weighted by Gasteiger charge is -2.36. The Hall–Kier alpha value is -1.85. The minimum atomic E-state index is -4.40. The third-order valence-electron chi connectivity index (χ3n) is 4.31. The van der Waals surface area contributed by atoms with Crippen LogP contribution in [-0.4, -0.2) is 17.5 Å². The van der Waals surface area contributed by atoms with Gasteiger partial charge in [0.05, 0.1) is 23.2 Å². The van der Waals surface area contributed by atoms with Gasteiger partial charge in [-0.3, -0.25) is 4.79 Å². The van der Waals surface area contributed by atoms with Crippen molar-refractivity contribution in [2.75, 3.05) is 0 Å². The molecular weight excluding hydrogens is 293 g/mol. The van der Waals surface area contributed by atoms with Crippen molar-refractivity contribution < 1.29 is 18.0 Å². The number of hydrazone groups is 1. The van der Waals surface area contributed by atoms with Crippen LogP contribution in [0.2, 0.25) is 0 Å². The van der Waals surface area contributed by atoms with Crippen molar-refractivity contribution in [2.45, 2.75) is 38.9 Å². The van der Waals surface area contributed by atoms with E-state index in [1.54, 1.807) is 6.07 Å². The van der Waals surface area contributed by atoms with E-state index in [-0.39, 0.29) is 17.2 Å². The lowest BCUT2D eigenvalue weighted by molar-refractivity contribution is -0.137. The lowest BCUT2D eigenvalue weighted by Crippen LogP contribution is -2.45. The molecule has 1 fully saturated rings. The van der Waals surface area contributed by atoms with E-state index < -0.39 is 17.7 Å². The van der Waals surface area contributed by atoms with Gasteiger partial charge < -0.3 is 5.43 Å². The number of Topliss-reactive ketones (excluding diaryl/α,β-unsaturated/α-hetero) is 1. The second-order valence-electron chi connectivity index (χ2n) is 6.80. The first kappa shape index (κ1) is 15.1. The number of nitrogens with zero attached hydrogens (tertiary/aromatic N) is 1. The van der Waals surface area contributed by atoms with Crippen LogP contribution >= 0.6 is 0 Å². The largest absolute Gasteiger partial charge is 0.416 e. The van der Waals surface area contributed by atoms with E-state index in [0.717, 1.165) is 18.6 Å². The van der Waals surface area contributed by atoms with E-state index in [0.29, 0.717) is 17.7 Å². The molecule has 1 aliphatic heterocycles. The molecule has 2 aliphatic rings. The van der Waals surface area contributed by atoms with Crippen LogP contribution in [0.1, 0.15) is 37.8 Å². The molecule has 0 aromatic heterocycles. The number of hydrogen-bond acceptors (Lipinski definition) is 3. The van der Waals surface area contributed by atoms with E-state index in [2.05, 4.69) is 10.5 Å².